The van der Waals surface area contributed by atoms with E-state index >= 15 is 0 Å². The molecule has 0 radical (unpaired) electrons. The van der Waals surface area contributed by atoms with Crippen molar-refractivity contribution < 1.29 is 22.5 Å². The molecule has 11 heteroatoms. The Morgan fingerprint density at radius 2 is 1.91 bits per heavy atom. The first kappa shape index (κ1) is 21.3. The summed E-state index contributed by atoms with van der Waals surface area (Å²) in [4.78, 5) is 12.9. The van der Waals surface area contributed by atoms with Crippen LogP contribution in [0.1, 0.15) is 35.1 Å². The third-order valence-corrected chi connectivity index (χ3v) is 7.24. The second-order valence-corrected chi connectivity index (χ2v) is 9.35. The first-order valence-electron chi connectivity index (χ1n) is 10.8. The van der Waals surface area contributed by atoms with Crippen molar-refractivity contribution in [3.05, 3.63) is 34.3 Å². The molecule has 0 spiro atoms. The molecule has 1 unspecified atom stereocenters. The first-order valence-corrected chi connectivity index (χ1v) is 11.9. The number of nitrogens with zero attached hydrogens (tertiary/aromatic N) is 3. The molecule has 1 aromatic carbocycles. The minimum atomic E-state index is -2.01. The summed E-state index contributed by atoms with van der Waals surface area (Å²) in [6.07, 6.45) is 5.82. The Labute approximate surface area is 185 Å². The van der Waals surface area contributed by atoms with Gasteiger partial charge in [0.25, 0.3) is 0 Å². The van der Waals surface area contributed by atoms with Crippen molar-refractivity contribution in [3.8, 4) is 5.88 Å². The number of amides is 2. The quantitative estimate of drug-likeness (QED) is 0.663. The van der Waals surface area contributed by atoms with E-state index in [9.17, 15) is 17.8 Å². The van der Waals surface area contributed by atoms with Crippen LogP contribution in [-0.4, -0.2) is 41.7 Å². The smallest absolute Gasteiger partial charge is 0.322 e. The molecule has 32 heavy (non-hydrogen) atoms. The summed E-state index contributed by atoms with van der Waals surface area (Å²) in [7, 11) is -2.01. The number of hydrogen-bond acceptors (Lipinski definition) is 6. The van der Waals surface area contributed by atoms with E-state index in [0.29, 0.717) is 54.9 Å². The predicted octanol–water partition coefficient (Wildman–Crippen LogP) is 3.06. The number of carbonyl (C=O) groups excluding carboxylic acids is 1. The largest absolute Gasteiger partial charge is 0.477 e. The molecular weight excluding hydrogens is 440 g/mol. The average molecular weight is 465 g/mol. The van der Waals surface area contributed by atoms with E-state index < -0.39 is 23.3 Å². The van der Waals surface area contributed by atoms with Crippen molar-refractivity contribution in [1.29, 1.82) is 0 Å². The van der Waals surface area contributed by atoms with Gasteiger partial charge in [0.1, 0.15) is 19.1 Å². The molecular formula is C21H24F2N5O3S-. The van der Waals surface area contributed by atoms with Crippen LogP contribution in [-0.2, 0) is 47.0 Å². The number of aromatic nitrogens is 2. The van der Waals surface area contributed by atoms with Gasteiger partial charge in [0.05, 0.1) is 12.6 Å². The fraction of sp³-hybridized carbons (Fsp3) is 0.524. The van der Waals surface area contributed by atoms with E-state index in [-0.39, 0.29) is 29.9 Å². The predicted molar refractivity (Wildman–Crippen MR) is 114 cm³/mol. The summed E-state index contributed by atoms with van der Waals surface area (Å²) in [5.41, 5.74) is 3.72. The van der Waals surface area contributed by atoms with E-state index in [1.807, 2.05) is 0 Å². The van der Waals surface area contributed by atoms with Gasteiger partial charge in [-0.2, -0.15) is 5.10 Å². The van der Waals surface area contributed by atoms with E-state index in [1.54, 1.807) is 0 Å². The molecule has 3 aliphatic rings. The average Bonchev–Trinajstić information content (AvgIpc) is 3.54. The van der Waals surface area contributed by atoms with Gasteiger partial charge in [-0.1, -0.05) is 0 Å². The molecule has 8 nitrogen and oxygen atoms in total. The molecule has 2 amide bonds. The number of nitrogens with one attached hydrogen (secondary N) is 2. The van der Waals surface area contributed by atoms with Crippen molar-refractivity contribution in [1.82, 2.24) is 15.1 Å². The summed E-state index contributed by atoms with van der Waals surface area (Å²) in [6.45, 7) is 0.449. The lowest BCUT2D eigenvalue weighted by Crippen LogP contribution is -2.42. The standard InChI is InChI=1S/C21H24F2N5O3S/c22-7-8-24-12-10-28-20(31-11-12)17(9-25-28)32(30)27-21(29)26-19-15-5-1-3-13(15)18(23)14-4-2-6-16(14)19/h9,12,24H,1-8,10-11H2,(H,26,29)/q-1. The van der Waals surface area contributed by atoms with Crippen molar-refractivity contribution >= 4 is 22.3 Å². The molecule has 2 aromatic rings. The van der Waals surface area contributed by atoms with Crippen LogP contribution in [0, 0.1) is 5.82 Å². The van der Waals surface area contributed by atoms with E-state index in [1.165, 1.54) is 10.9 Å². The van der Waals surface area contributed by atoms with Gasteiger partial charge in [-0.25, -0.2) is 18.3 Å². The second-order valence-electron chi connectivity index (χ2n) is 8.23. The lowest BCUT2D eigenvalue weighted by atomic mass is 9.98. The van der Waals surface area contributed by atoms with Gasteiger partial charge in [-0.05, 0) is 65.7 Å². The van der Waals surface area contributed by atoms with Crippen molar-refractivity contribution in [3.63, 3.8) is 0 Å². The molecule has 0 fully saturated rings. The van der Waals surface area contributed by atoms with Crippen LogP contribution in [0.25, 0.3) is 0 Å². The van der Waals surface area contributed by atoms with Crippen molar-refractivity contribution in [2.24, 2.45) is 4.36 Å². The fourth-order valence-corrected chi connectivity index (χ4v) is 5.61. The zero-order valence-electron chi connectivity index (χ0n) is 17.5. The Hall–Kier alpha value is -2.53. The van der Waals surface area contributed by atoms with Crippen molar-refractivity contribution in [2.45, 2.75) is 56.0 Å². The lowest BCUT2D eigenvalue weighted by molar-refractivity contribution is 0.177. The Balaban J connectivity index is 1.37. The molecule has 0 saturated heterocycles. The summed E-state index contributed by atoms with van der Waals surface area (Å²) in [5, 5.41) is 9.96. The topological polar surface area (TPSA) is 97.6 Å². The highest BCUT2D eigenvalue weighted by molar-refractivity contribution is 7.75. The molecule has 0 bridgehead atoms. The zero-order chi connectivity index (χ0) is 22.2. The summed E-state index contributed by atoms with van der Waals surface area (Å²) < 4.78 is 50.9. The van der Waals surface area contributed by atoms with Gasteiger partial charge in [-0.15, -0.1) is 10.6 Å². The fourth-order valence-electron chi connectivity index (χ4n) is 4.87. The van der Waals surface area contributed by atoms with Crippen molar-refractivity contribution in [2.75, 3.05) is 25.1 Å². The second kappa shape index (κ2) is 8.78. The Morgan fingerprint density at radius 1 is 1.22 bits per heavy atom. The highest BCUT2D eigenvalue weighted by Gasteiger charge is 2.29. The van der Waals surface area contributed by atoms with Gasteiger partial charge in [0.15, 0.2) is 5.88 Å². The minimum Gasteiger partial charge on any atom is -0.477 e. The summed E-state index contributed by atoms with van der Waals surface area (Å²) in [6, 6.07) is -0.848. The molecule has 2 aliphatic carbocycles. The summed E-state index contributed by atoms with van der Waals surface area (Å²) in [5.74, 6) is 0.174. The minimum absolute atomic E-state index is 0.109. The molecule has 172 valence electrons. The number of alkyl halides is 1. The number of rotatable bonds is 5. The number of carbonyl (C=O) groups is 1. The van der Waals surface area contributed by atoms with Crippen LogP contribution in [0.4, 0.5) is 19.3 Å². The number of fused-ring (bicyclic) bond motifs is 3. The zero-order valence-corrected chi connectivity index (χ0v) is 18.3. The first-order chi connectivity index (χ1) is 15.6. The molecule has 0 saturated carbocycles. The highest BCUT2D eigenvalue weighted by atomic mass is 32.2. The van der Waals surface area contributed by atoms with E-state index in [4.69, 9.17) is 4.74 Å². The van der Waals surface area contributed by atoms with Gasteiger partial charge >= 0.3 is 6.03 Å². The number of anilines is 1. The third kappa shape index (κ3) is 3.77. The maximum absolute atomic E-state index is 14.8. The highest BCUT2D eigenvalue weighted by Crippen LogP contribution is 2.41. The number of halogens is 2. The van der Waals surface area contributed by atoms with Gasteiger partial charge in [0, 0.05) is 18.4 Å². The number of hydrogen-bond donors (Lipinski definition) is 2. The Bertz CT molecular complexity index is 1120. The Morgan fingerprint density at radius 3 is 2.59 bits per heavy atom. The van der Waals surface area contributed by atoms with Gasteiger partial charge in [0.2, 0.25) is 0 Å². The normalized spacial score (nSPS) is 19.9. The third-order valence-electron chi connectivity index (χ3n) is 6.26. The van der Waals surface area contributed by atoms with Crippen LogP contribution < -0.4 is 15.4 Å². The molecule has 5 rings (SSSR count). The van der Waals surface area contributed by atoms with E-state index in [2.05, 4.69) is 20.1 Å². The molecule has 2 N–H and O–H groups in total. The summed E-state index contributed by atoms with van der Waals surface area (Å²) >= 11 is 0. The lowest BCUT2D eigenvalue weighted by Gasteiger charge is -2.26. The van der Waals surface area contributed by atoms with Gasteiger partial charge in [-0.3, -0.25) is 0 Å². The monoisotopic (exact) mass is 464 g/mol. The Kier molecular flexibility index (Phi) is 5.85. The maximum atomic E-state index is 14.8. The van der Waals surface area contributed by atoms with Crippen LogP contribution in [0.5, 0.6) is 5.88 Å². The van der Waals surface area contributed by atoms with Crippen LogP contribution in [0.2, 0.25) is 0 Å². The van der Waals surface area contributed by atoms with Gasteiger partial charge < -0.3 is 23.9 Å². The molecule has 1 atom stereocenters. The molecule has 2 heterocycles. The van der Waals surface area contributed by atoms with Crippen LogP contribution >= 0.6 is 0 Å². The number of urea groups is 1. The SMILES string of the molecule is O=C(N=[S-](=O)c1cnn2c1OCC(NCCF)C2)Nc1c2c(c(F)c3c1CCC3)CCC2. The molecule has 1 aromatic heterocycles. The number of ether oxygens (including phenoxy) is 1. The maximum Gasteiger partial charge on any atom is 0.322 e. The van der Waals surface area contributed by atoms with Crippen LogP contribution in [0.3, 0.4) is 0 Å². The molecule has 1 aliphatic heterocycles. The van der Waals surface area contributed by atoms with E-state index in [0.717, 1.165) is 24.0 Å². The number of benzene rings is 1. The van der Waals surface area contributed by atoms with Crippen LogP contribution in [0.15, 0.2) is 15.5 Å².